The van der Waals surface area contributed by atoms with Crippen LogP contribution in [-0.2, 0) is 4.79 Å². The molecule has 6 heteroatoms. The van der Waals surface area contributed by atoms with E-state index >= 15 is 0 Å². The van der Waals surface area contributed by atoms with Crippen LogP contribution in [0.5, 0.6) is 0 Å². The van der Waals surface area contributed by atoms with E-state index in [4.69, 9.17) is 0 Å². The van der Waals surface area contributed by atoms with Crippen molar-refractivity contribution in [2.75, 3.05) is 42.5 Å². The molecule has 29 heavy (non-hydrogen) atoms. The lowest BCUT2D eigenvalue weighted by atomic mass is 10.1. The molecule has 0 bridgehead atoms. The van der Waals surface area contributed by atoms with Crippen LogP contribution in [0.1, 0.15) is 17.5 Å². The Morgan fingerprint density at radius 1 is 0.931 bits per heavy atom. The van der Waals surface area contributed by atoms with Crippen molar-refractivity contribution >= 4 is 23.3 Å². The molecule has 2 aliphatic heterocycles. The van der Waals surface area contributed by atoms with Crippen molar-refractivity contribution < 1.29 is 9.59 Å². The number of urea groups is 1. The molecule has 2 aliphatic rings. The minimum absolute atomic E-state index is 0.0625. The van der Waals surface area contributed by atoms with Gasteiger partial charge in [-0.2, -0.15) is 0 Å². The Morgan fingerprint density at radius 3 is 2.34 bits per heavy atom. The Bertz CT molecular complexity index is 891. The molecule has 0 aromatic heterocycles. The van der Waals surface area contributed by atoms with Crippen molar-refractivity contribution in [3.63, 3.8) is 0 Å². The Balaban J connectivity index is 1.31. The standard InChI is InChI=1S/C23H28N4O2/c1-17-8-9-21(14-18(17)2)27-16-19(15-22(27)28)24-23(29)26-12-10-25(11-13-26)20-6-4-3-5-7-20/h3-9,14,19H,10-13,15-16H2,1-2H3,(H,24,29)/t19-/m0/s1. The van der Waals surface area contributed by atoms with Crippen LogP contribution in [0.15, 0.2) is 48.5 Å². The van der Waals surface area contributed by atoms with Gasteiger partial charge in [-0.25, -0.2) is 4.79 Å². The van der Waals surface area contributed by atoms with Gasteiger partial charge < -0.3 is 20.0 Å². The number of carbonyl (C=O) groups excluding carboxylic acids is 2. The summed E-state index contributed by atoms with van der Waals surface area (Å²) in [4.78, 5) is 31.1. The van der Waals surface area contributed by atoms with Gasteiger partial charge in [0.2, 0.25) is 5.91 Å². The summed E-state index contributed by atoms with van der Waals surface area (Å²) in [5.74, 6) is 0.0625. The van der Waals surface area contributed by atoms with Crippen LogP contribution in [0.4, 0.5) is 16.2 Å². The Morgan fingerprint density at radius 2 is 1.66 bits per heavy atom. The Kier molecular flexibility index (Phi) is 5.43. The third-order valence-electron chi connectivity index (χ3n) is 5.94. The van der Waals surface area contributed by atoms with E-state index < -0.39 is 0 Å². The first-order valence-corrected chi connectivity index (χ1v) is 10.2. The number of nitrogens with zero attached hydrogens (tertiary/aromatic N) is 3. The molecule has 2 saturated heterocycles. The van der Waals surface area contributed by atoms with Crippen LogP contribution in [0.25, 0.3) is 0 Å². The molecule has 0 aliphatic carbocycles. The molecule has 3 amide bonds. The maximum atomic E-state index is 12.7. The first-order valence-electron chi connectivity index (χ1n) is 10.2. The lowest BCUT2D eigenvalue weighted by molar-refractivity contribution is -0.117. The molecule has 2 heterocycles. The minimum Gasteiger partial charge on any atom is -0.368 e. The van der Waals surface area contributed by atoms with E-state index in [1.807, 2.05) is 48.2 Å². The van der Waals surface area contributed by atoms with E-state index in [0.717, 1.165) is 18.8 Å². The van der Waals surface area contributed by atoms with E-state index in [2.05, 4.69) is 29.3 Å². The summed E-state index contributed by atoms with van der Waals surface area (Å²) >= 11 is 0. The van der Waals surface area contributed by atoms with E-state index in [1.165, 1.54) is 16.8 Å². The summed E-state index contributed by atoms with van der Waals surface area (Å²) in [5, 5.41) is 3.07. The molecule has 0 saturated carbocycles. The average molecular weight is 393 g/mol. The molecule has 2 fully saturated rings. The topological polar surface area (TPSA) is 55.9 Å². The van der Waals surface area contributed by atoms with Gasteiger partial charge in [0.05, 0.1) is 6.04 Å². The van der Waals surface area contributed by atoms with Gasteiger partial charge >= 0.3 is 6.03 Å². The lowest BCUT2D eigenvalue weighted by Gasteiger charge is -2.36. The summed E-state index contributed by atoms with van der Waals surface area (Å²) in [5.41, 5.74) is 4.48. The number of piperazine rings is 1. The summed E-state index contributed by atoms with van der Waals surface area (Å²) in [7, 11) is 0. The van der Waals surface area contributed by atoms with E-state index in [1.54, 1.807) is 4.90 Å². The quantitative estimate of drug-likeness (QED) is 0.874. The largest absolute Gasteiger partial charge is 0.368 e. The number of hydrogen-bond donors (Lipinski definition) is 1. The number of anilines is 2. The first-order chi connectivity index (χ1) is 14.0. The van der Waals surface area contributed by atoms with Gasteiger partial charge in [0.25, 0.3) is 0 Å². The normalized spacial score (nSPS) is 19.6. The van der Waals surface area contributed by atoms with Gasteiger partial charge in [-0.1, -0.05) is 24.3 Å². The number of nitrogens with one attached hydrogen (secondary N) is 1. The second-order valence-electron chi connectivity index (χ2n) is 7.93. The fourth-order valence-electron chi connectivity index (χ4n) is 4.02. The third kappa shape index (κ3) is 4.21. The van der Waals surface area contributed by atoms with Crippen molar-refractivity contribution in [3.05, 3.63) is 59.7 Å². The Labute approximate surface area is 172 Å². The van der Waals surface area contributed by atoms with Crippen molar-refractivity contribution in [2.45, 2.75) is 26.3 Å². The fourth-order valence-corrected chi connectivity index (χ4v) is 4.02. The average Bonchev–Trinajstić information content (AvgIpc) is 3.10. The maximum Gasteiger partial charge on any atom is 0.317 e. The van der Waals surface area contributed by atoms with Gasteiger partial charge in [0.15, 0.2) is 0 Å². The van der Waals surface area contributed by atoms with Crippen LogP contribution in [0.2, 0.25) is 0 Å². The van der Waals surface area contributed by atoms with E-state index in [0.29, 0.717) is 26.1 Å². The number of amides is 3. The molecular weight excluding hydrogens is 364 g/mol. The van der Waals surface area contributed by atoms with E-state index in [-0.39, 0.29) is 18.0 Å². The highest BCUT2D eigenvalue weighted by molar-refractivity contribution is 5.97. The monoisotopic (exact) mass is 392 g/mol. The second-order valence-corrected chi connectivity index (χ2v) is 7.93. The molecule has 0 spiro atoms. The molecule has 1 atom stereocenters. The first kappa shape index (κ1) is 19.3. The molecule has 1 N–H and O–H groups in total. The highest BCUT2D eigenvalue weighted by Crippen LogP contribution is 2.24. The SMILES string of the molecule is Cc1ccc(N2C[C@@H](NC(=O)N3CCN(c4ccccc4)CC3)CC2=O)cc1C. The van der Waals surface area contributed by atoms with Crippen LogP contribution in [0, 0.1) is 13.8 Å². The number of carbonyl (C=O) groups is 2. The molecule has 0 radical (unpaired) electrons. The number of rotatable bonds is 3. The highest BCUT2D eigenvalue weighted by Gasteiger charge is 2.33. The van der Waals surface area contributed by atoms with Gasteiger partial charge in [-0.3, -0.25) is 4.79 Å². The van der Waals surface area contributed by atoms with Crippen LogP contribution in [0.3, 0.4) is 0 Å². The van der Waals surface area contributed by atoms with Gasteiger partial charge in [-0.15, -0.1) is 0 Å². The molecule has 152 valence electrons. The van der Waals surface area contributed by atoms with Crippen molar-refractivity contribution in [3.8, 4) is 0 Å². The zero-order valence-corrected chi connectivity index (χ0v) is 17.1. The van der Waals surface area contributed by atoms with Gasteiger partial charge in [0, 0.05) is 50.5 Å². The smallest absolute Gasteiger partial charge is 0.317 e. The fraction of sp³-hybridized carbons (Fsp3) is 0.391. The summed E-state index contributed by atoms with van der Waals surface area (Å²) in [6.07, 6.45) is 0.350. The summed E-state index contributed by atoms with van der Waals surface area (Å²) in [6, 6.07) is 16.1. The molecule has 2 aromatic carbocycles. The zero-order chi connectivity index (χ0) is 20.4. The molecule has 0 unspecified atom stereocenters. The van der Waals surface area contributed by atoms with Gasteiger partial charge in [-0.05, 0) is 49.2 Å². The predicted molar refractivity (Wildman–Crippen MR) is 115 cm³/mol. The number of para-hydroxylation sites is 1. The Hall–Kier alpha value is -3.02. The lowest BCUT2D eigenvalue weighted by Crippen LogP contribution is -2.53. The predicted octanol–water partition coefficient (Wildman–Crippen LogP) is 2.94. The number of aryl methyl sites for hydroxylation is 2. The van der Waals surface area contributed by atoms with Gasteiger partial charge in [0.1, 0.15) is 0 Å². The van der Waals surface area contributed by atoms with Crippen molar-refractivity contribution in [1.82, 2.24) is 10.2 Å². The number of benzene rings is 2. The van der Waals surface area contributed by atoms with E-state index in [9.17, 15) is 9.59 Å². The zero-order valence-electron chi connectivity index (χ0n) is 17.1. The van der Waals surface area contributed by atoms with Crippen molar-refractivity contribution in [1.29, 1.82) is 0 Å². The summed E-state index contributed by atoms with van der Waals surface area (Å²) in [6.45, 7) is 7.63. The van der Waals surface area contributed by atoms with Crippen LogP contribution < -0.4 is 15.1 Å². The molecule has 6 nitrogen and oxygen atoms in total. The number of hydrogen-bond acceptors (Lipinski definition) is 3. The van der Waals surface area contributed by atoms with Crippen molar-refractivity contribution in [2.24, 2.45) is 0 Å². The van der Waals surface area contributed by atoms with Crippen LogP contribution >= 0.6 is 0 Å². The van der Waals surface area contributed by atoms with Crippen LogP contribution in [-0.4, -0.2) is 55.6 Å². The molecule has 2 aromatic rings. The minimum atomic E-state index is -0.149. The maximum absolute atomic E-state index is 12.7. The molecular formula is C23H28N4O2. The molecule has 4 rings (SSSR count). The second kappa shape index (κ2) is 8.15. The third-order valence-corrected chi connectivity index (χ3v) is 5.94. The highest BCUT2D eigenvalue weighted by atomic mass is 16.2. The summed E-state index contributed by atoms with van der Waals surface area (Å²) < 4.78 is 0.